The van der Waals surface area contributed by atoms with E-state index in [2.05, 4.69) is 5.32 Å². The fourth-order valence-electron chi connectivity index (χ4n) is 1.59. The van der Waals surface area contributed by atoms with Crippen LogP contribution in [0.15, 0.2) is 18.2 Å². The largest absolute Gasteiger partial charge is 0.444 e. The van der Waals surface area contributed by atoms with E-state index in [4.69, 9.17) is 10.5 Å². The Balaban J connectivity index is 2.54. The van der Waals surface area contributed by atoms with Gasteiger partial charge in [-0.1, -0.05) is 18.2 Å². The summed E-state index contributed by atoms with van der Waals surface area (Å²) in [6, 6.07) is 5.98. The van der Waals surface area contributed by atoms with Crippen LogP contribution in [0.5, 0.6) is 0 Å². The maximum Gasteiger partial charge on any atom is 0.407 e. The van der Waals surface area contributed by atoms with Gasteiger partial charge in [-0.2, -0.15) is 0 Å². The summed E-state index contributed by atoms with van der Waals surface area (Å²) >= 11 is 0. The highest BCUT2D eigenvalue weighted by Crippen LogP contribution is 2.11. The van der Waals surface area contributed by atoms with Crippen LogP contribution in [-0.2, 0) is 17.8 Å². The molecule has 0 aliphatic carbocycles. The topological polar surface area (TPSA) is 64.3 Å². The first-order valence-corrected chi connectivity index (χ1v) is 6.07. The van der Waals surface area contributed by atoms with E-state index in [-0.39, 0.29) is 0 Å². The van der Waals surface area contributed by atoms with Crippen LogP contribution >= 0.6 is 0 Å². The van der Waals surface area contributed by atoms with Crippen molar-refractivity contribution in [2.75, 3.05) is 0 Å². The monoisotopic (exact) mass is 250 g/mol. The molecule has 0 aromatic heterocycles. The van der Waals surface area contributed by atoms with Gasteiger partial charge >= 0.3 is 6.09 Å². The molecule has 1 rings (SSSR count). The van der Waals surface area contributed by atoms with Crippen molar-refractivity contribution in [2.24, 2.45) is 5.73 Å². The van der Waals surface area contributed by atoms with Crippen molar-refractivity contribution in [1.29, 1.82) is 0 Å². The number of alkyl carbamates (subject to hydrolysis) is 1. The van der Waals surface area contributed by atoms with E-state index in [1.807, 2.05) is 45.9 Å². The van der Waals surface area contributed by atoms with Gasteiger partial charge in [-0.05, 0) is 44.4 Å². The quantitative estimate of drug-likeness (QED) is 0.866. The number of carbonyl (C=O) groups excluding carboxylic acids is 1. The molecule has 4 nitrogen and oxygen atoms in total. The molecule has 3 N–H and O–H groups in total. The molecular formula is C14H22N2O2. The third-order valence-electron chi connectivity index (χ3n) is 2.46. The fourth-order valence-corrected chi connectivity index (χ4v) is 1.59. The van der Waals surface area contributed by atoms with Crippen LogP contribution in [0.2, 0.25) is 0 Å². The zero-order valence-electron chi connectivity index (χ0n) is 11.5. The van der Waals surface area contributed by atoms with Crippen LogP contribution in [0.3, 0.4) is 0 Å². The Labute approximate surface area is 109 Å². The van der Waals surface area contributed by atoms with E-state index < -0.39 is 11.7 Å². The first-order valence-electron chi connectivity index (χ1n) is 6.07. The van der Waals surface area contributed by atoms with Gasteiger partial charge in [-0.15, -0.1) is 0 Å². The number of benzene rings is 1. The van der Waals surface area contributed by atoms with Crippen molar-refractivity contribution >= 4 is 6.09 Å². The SMILES string of the molecule is Cc1cc(CNC(=O)OC(C)(C)C)ccc1CN. The summed E-state index contributed by atoms with van der Waals surface area (Å²) in [5, 5.41) is 2.73. The molecule has 0 unspecified atom stereocenters. The van der Waals surface area contributed by atoms with Crippen LogP contribution in [0, 0.1) is 6.92 Å². The molecule has 100 valence electrons. The fraction of sp³-hybridized carbons (Fsp3) is 0.500. The summed E-state index contributed by atoms with van der Waals surface area (Å²) < 4.78 is 5.16. The van der Waals surface area contributed by atoms with Crippen molar-refractivity contribution in [1.82, 2.24) is 5.32 Å². The lowest BCUT2D eigenvalue weighted by molar-refractivity contribution is 0.0523. The Hall–Kier alpha value is -1.55. The normalized spacial score (nSPS) is 11.2. The maximum atomic E-state index is 11.5. The van der Waals surface area contributed by atoms with Gasteiger partial charge in [0.25, 0.3) is 0 Å². The van der Waals surface area contributed by atoms with Crippen molar-refractivity contribution < 1.29 is 9.53 Å². The molecule has 0 fully saturated rings. The van der Waals surface area contributed by atoms with E-state index in [0.29, 0.717) is 13.1 Å². The van der Waals surface area contributed by atoms with E-state index in [9.17, 15) is 4.79 Å². The van der Waals surface area contributed by atoms with Gasteiger partial charge < -0.3 is 15.8 Å². The lowest BCUT2D eigenvalue weighted by atomic mass is 10.1. The number of nitrogens with one attached hydrogen (secondary N) is 1. The Morgan fingerprint density at radius 3 is 2.56 bits per heavy atom. The summed E-state index contributed by atoms with van der Waals surface area (Å²) in [5.74, 6) is 0. The predicted molar refractivity (Wildman–Crippen MR) is 72.1 cm³/mol. The summed E-state index contributed by atoms with van der Waals surface area (Å²) in [6.45, 7) is 8.53. The second-order valence-corrected chi connectivity index (χ2v) is 5.32. The molecule has 0 heterocycles. The van der Waals surface area contributed by atoms with Crippen LogP contribution in [0.25, 0.3) is 0 Å². The lowest BCUT2D eigenvalue weighted by Gasteiger charge is -2.19. The van der Waals surface area contributed by atoms with E-state index >= 15 is 0 Å². The summed E-state index contributed by atoms with van der Waals surface area (Å²) in [5.41, 5.74) is 8.43. The van der Waals surface area contributed by atoms with Crippen molar-refractivity contribution in [3.63, 3.8) is 0 Å². The highest BCUT2D eigenvalue weighted by molar-refractivity contribution is 5.67. The first kappa shape index (κ1) is 14.5. The van der Waals surface area contributed by atoms with Gasteiger partial charge in [0.2, 0.25) is 0 Å². The van der Waals surface area contributed by atoms with Crippen LogP contribution in [-0.4, -0.2) is 11.7 Å². The van der Waals surface area contributed by atoms with Crippen LogP contribution in [0.4, 0.5) is 4.79 Å². The average Bonchev–Trinajstić information content (AvgIpc) is 2.24. The molecule has 18 heavy (non-hydrogen) atoms. The van der Waals surface area contributed by atoms with Gasteiger partial charge in [-0.3, -0.25) is 0 Å². The third-order valence-corrected chi connectivity index (χ3v) is 2.46. The zero-order chi connectivity index (χ0) is 13.8. The first-order chi connectivity index (χ1) is 8.31. The number of nitrogens with two attached hydrogens (primary N) is 1. The number of hydrogen-bond donors (Lipinski definition) is 2. The molecule has 0 atom stereocenters. The highest BCUT2D eigenvalue weighted by atomic mass is 16.6. The van der Waals surface area contributed by atoms with E-state index in [0.717, 1.165) is 16.7 Å². The Morgan fingerprint density at radius 1 is 1.39 bits per heavy atom. The van der Waals surface area contributed by atoms with Crippen molar-refractivity contribution in [2.45, 2.75) is 46.4 Å². The minimum absolute atomic E-state index is 0.400. The van der Waals surface area contributed by atoms with Crippen molar-refractivity contribution in [3.8, 4) is 0 Å². The second kappa shape index (κ2) is 5.87. The van der Waals surface area contributed by atoms with E-state index in [1.165, 1.54) is 0 Å². The average molecular weight is 250 g/mol. The molecule has 1 aromatic rings. The molecule has 4 heteroatoms. The number of ether oxygens (including phenoxy) is 1. The number of carbonyl (C=O) groups is 1. The minimum Gasteiger partial charge on any atom is -0.444 e. The molecule has 0 spiro atoms. The molecule has 0 saturated carbocycles. The molecule has 0 aliphatic rings. The molecule has 0 radical (unpaired) electrons. The number of aryl methyl sites for hydroxylation is 1. The molecule has 1 aromatic carbocycles. The van der Waals surface area contributed by atoms with Gasteiger partial charge in [0.15, 0.2) is 0 Å². The standard InChI is InChI=1S/C14H22N2O2/c1-10-7-11(5-6-12(10)8-15)9-16-13(17)18-14(2,3)4/h5-7H,8-9,15H2,1-4H3,(H,16,17). The van der Waals surface area contributed by atoms with Crippen LogP contribution < -0.4 is 11.1 Å². The Kier molecular flexibility index (Phi) is 4.73. The summed E-state index contributed by atoms with van der Waals surface area (Å²) in [6.07, 6.45) is -0.400. The predicted octanol–water partition coefficient (Wildman–Crippen LogP) is 2.48. The molecule has 0 bridgehead atoms. The smallest absolute Gasteiger partial charge is 0.407 e. The van der Waals surface area contributed by atoms with E-state index in [1.54, 1.807) is 0 Å². The Bertz CT molecular complexity index is 422. The van der Waals surface area contributed by atoms with Gasteiger partial charge in [0.1, 0.15) is 5.60 Å². The van der Waals surface area contributed by atoms with Gasteiger partial charge in [-0.25, -0.2) is 4.79 Å². The Morgan fingerprint density at radius 2 is 2.06 bits per heavy atom. The minimum atomic E-state index is -0.469. The third kappa shape index (κ3) is 4.75. The number of hydrogen-bond acceptors (Lipinski definition) is 3. The molecular weight excluding hydrogens is 228 g/mol. The maximum absolute atomic E-state index is 11.5. The second-order valence-electron chi connectivity index (χ2n) is 5.32. The number of amides is 1. The zero-order valence-corrected chi connectivity index (χ0v) is 11.5. The van der Waals surface area contributed by atoms with Gasteiger partial charge in [0, 0.05) is 13.1 Å². The van der Waals surface area contributed by atoms with Crippen LogP contribution in [0.1, 0.15) is 37.5 Å². The van der Waals surface area contributed by atoms with Gasteiger partial charge in [0.05, 0.1) is 0 Å². The van der Waals surface area contributed by atoms with Crippen molar-refractivity contribution in [3.05, 3.63) is 34.9 Å². The molecule has 0 saturated heterocycles. The number of rotatable bonds is 3. The summed E-state index contributed by atoms with van der Waals surface area (Å²) in [4.78, 5) is 11.5. The summed E-state index contributed by atoms with van der Waals surface area (Å²) in [7, 11) is 0. The molecule has 0 aliphatic heterocycles. The highest BCUT2D eigenvalue weighted by Gasteiger charge is 2.15. The lowest BCUT2D eigenvalue weighted by Crippen LogP contribution is -2.32. The molecule has 1 amide bonds.